The average Bonchev–Trinajstić information content (AvgIpc) is 3.15. The van der Waals surface area contributed by atoms with Crippen LogP contribution in [0.4, 0.5) is 19.0 Å². The first-order valence-corrected chi connectivity index (χ1v) is 9.68. The Hall–Kier alpha value is -3.01. The average molecular weight is 458 g/mol. The molecule has 1 aliphatic heterocycles. The number of halogens is 4. The maximum Gasteiger partial charge on any atom is 0.417 e. The van der Waals surface area contributed by atoms with E-state index in [1.54, 1.807) is 24.0 Å². The standard InChI is InChI=1S/C20H19ClF3N3O4/c1-13-2-3-15(31-13)4-5-18(29)30-12-17(28)26-6-8-27(9-7-26)19-16(21)10-14(11-25-19)20(22,23)24/h2-5,10-11H,6-9,12H2,1H3/b5-4+. The number of rotatable bonds is 5. The monoisotopic (exact) mass is 457 g/mol. The van der Waals surface area contributed by atoms with Crippen molar-refractivity contribution in [3.05, 3.63) is 52.6 Å². The molecule has 166 valence electrons. The zero-order valence-electron chi connectivity index (χ0n) is 16.5. The first-order chi connectivity index (χ1) is 14.6. The number of hydrogen-bond donors (Lipinski definition) is 0. The minimum absolute atomic E-state index is 0.109. The summed E-state index contributed by atoms with van der Waals surface area (Å²) < 4.78 is 48.5. The molecule has 0 radical (unpaired) electrons. The van der Waals surface area contributed by atoms with Crippen LogP contribution >= 0.6 is 11.6 Å². The molecule has 1 amide bonds. The number of piperazine rings is 1. The van der Waals surface area contributed by atoms with E-state index in [0.29, 0.717) is 24.6 Å². The molecule has 7 nitrogen and oxygen atoms in total. The van der Waals surface area contributed by atoms with Crippen molar-refractivity contribution in [2.45, 2.75) is 13.1 Å². The van der Waals surface area contributed by atoms with Crippen molar-refractivity contribution in [3.8, 4) is 0 Å². The van der Waals surface area contributed by atoms with Crippen molar-refractivity contribution < 1.29 is 31.9 Å². The van der Waals surface area contributed by atoms with E-state index in [0.717, 1.165) is 12.3 Å². The third-order valence-corrected chi connectivity index (χ3v) is 4.84. The van der Waals surface area contributed by atoms with Gasteiger partial charge in [0, 0.05) is 38.5 Å². The number of esters is 1. The Bertz CT molecular complexity index is 982. The van der Waals surface area contributed by atoms with Crippen molar-refractivity contribution in [1.82, 2.24) is 9.88 Å². The predicted molar refractivity (Wildman–Crippen MR) is 106 cm³/mol. The number of aromatic nitrogens is 1. The molecule has 1 fully saturated rings. The molecule has 1 saturated heterocycles. The summed E-state index contributed by atoms with van der Waals surface area (Å²) >= 11 is 5.97. The van der Waals surface area contributed by atoms with Crippen LogP contribution in [0.15, 0.2) is 34.9 Å². The molecule has 2 aromatic heterocycles. The predicted octanol–water partition coefficient (Wildman–Crippen LogP) is 3.56. The van der Waals surface area contributed by atoms with Gasteiger partial charge in [0.25, 0.3) is 5.91 Å². The van der Waals surface area contributed by atoms with Gasteiger partial charge in [0.1, 0.15) is 17.3 Å². The minimum atomic E-state index is -4.52. The number of anilines is 1. The lowest BCUT2D eigenvalue weighted by atomic mass is 10.2. The fourth-order valence-electron chi connectivity index (χ4n) is 2.95. The summed E-state index contributed by atoms with van der Waals surface area (Å²) in [6.45, 7) is 2.59. The molecule has 0 spiro atoms. The van der Waals surface area contributed by atoms with E-state index >= 15 is 0 Å². The fraction of sp³-hybridized carbons (Fsp3) is 0.350. The highest BCUT2D eigenvalue weighted by atomic mass is 35.5. The van der Waals surface area contributed by atoms with Crippen LogP contribution in [0.3, 0.4) is 0 Å². The molecule has 0 N–H and O–H groups in total. The number of nitrogens with zero attached hydrogens (tertiary/aromatic N) is 3. The molecule has 3 heterocycles. The quantitative estimate of drug-likeness (QED) is 0.505. The summed E-state index contributed by atoms with van der Waals surface area (Å²) in [6, 6.07) is 4.28. The van der Waals surface area contributed by atoms with Gasteiger partial charge in [-0.05, 0) is 31.2 Å². The molecule has 0 atom stereocenters. The highest BCUT2D eigenvalue weighted by molar-refractivity contribution is 6.33. The Morgan fingerprint density at radius 3 is 2.55 bits per heavy atom. The molecule has 3 rings (SSSR count). The van der Waals surface area contributed by atoms with Crippen molar-refractivity contribution >= 4 is 35.4 Å². The summed E-state index contributed by atoms with van der Waals surface area (Å²) in [5.41, 5.74) is -0.923. The van der Waals surface area contributed by atoms with E-state index in [9.17, 15) is 22.8 Å². The lowest BCUT2D eigenvalue weighted by Crippen LogP contribution is -2.50. The third-order valence-electron chi connectivity index (χ3n) is 4.56. The first kappa shape index (κ1) is 22.7. The van der Waals surface area contributed by atoms with Crippen molar-refractivity contribution in [2.24, 2.45) is 0 Å². The Morgan fingerprint density at radius 1 is 1.26 bits per heavy atom. The number of amides is 1. The highest BCUT2D eigenvalue weighted by Gasteiger charge is 2.32. The van der Waals surface area contributed by atoms with Crippen LogP contribution in [-0.4, -0.2) is 54.5 Å². The molecule has 0 aliphatic carbocycles. The number of carbonyl (C=O) groups is 2. The third kappa shape index (κ3) is 6.00. The van der Waals surface area contributed by atoms with Gasteiger partial charge in [0.15, 0.2) is 6.61 Å². The smallest absolute Gasteiger partial charge is 0.417 e. The van der Waals surface area contributed by atoms with Crippen LogP contribution in [0.5, 0.6) is 0 Å². The summed E-state index contributed by atoms with van der Waals surface area (Å²) in [7, 11) is 0. The van der Waals surface area contributed by atoms with Crippen molar-refractivity contribution in [2.75, 3.05) is 37.7 Å². The van der Waals surface area contributed by atoms with Gasteiger partial charge in [0.05, 0.1) is 10.6 Å². The Labute approximate surface area is 181 Å². The van der Waals surface area contributed by atoms with Crippen LogP contribution < -0.4 is 4.90 Å². The lowest BCUT2D eigenvalue weighted by Gasteiger charge is -2.35. The molecule has 31 heavy (non-hydrogen) atoms. The van der Waals surface area contributed by atoms with E-state index in [1.165, 1.54) is 17.1 Å². The van der Waals surface area contributed by atoms with Gasteiger partial charge >= 0.3 is 12.1 Å². The highest BCUT2D eigenvalue weighted by Crippen LogP contribution is 2.33. The van der Waals surface area contributed by atoms with Gasteiger partial charge in [-0.1, -0.05) is 11.6 Å². The Kier molecular flexibility index (Phi) is 6.89. The van der Waals surface area contributed by atoms with E-state index < -0.39 is 24.3 Å². The summed E-state index contributed by atoms with van der Waals surface area (Å²) in [4.78, 5) is 31.0. The number of carbonyl (C=O) groups excluding carboxylic acids is 2. The number of pyridine rings is 1. The van der Waals surface area contributed by atoms with Crippen LogP contribution in [0.25, 0.3) is 6.08 Å². The normalized spacial score (nSPS) is 14.9. The number of hydrogen-bond acceptors (Lipinski definition) is 6. The van der Waals surface area contributed by atoms with E-state index in [2.05, 4.69) is 4.98 Å². The van der Waals surface area contributed by atoms with Crippen molar-refractivity contribution in [1.29, 1.82) is 0 Å². The molecular formula is C20H19ClF3N3O4. The van der Waals surface area contributed by atoms with Gasteiger partial charge in [-0.15, -0.1) is 0 Å². The molecule has 0 saturated carbocycles. The number of furan rings is 1. The molecule has 1 aliphatic rings. The fourth-order valence-corrected chi connectivity index (χ4v) is 3.24. The van der Waals surface area contributed by atoms with Gasteiger partial charge in [-0.25, -0.2) is 9.78 Å². The van der Waals surface area contributed by atoms with Gasteiger partial charge in [-0.3, -0.25) is 4.79 Å². The molecule has 0 bridgehead atoms. The van der Waals surface area contributed by atoms with E-state index in [4.69, 9.17) is 20.8 Å². The molecule has 0 unspecified atom stereocenters. The topological polar surface area (TPSA) is 75.9 Å². The number of alkyl halides is 3. The Balaban J connectivity index is 1.47. The second kappa shape index (κ2) is 9.42. The van der Waals surface area contributed by atoms with E-state index in [-0.39, 0.29) is 29.8 Å². The van der Waals surface area contributed by atoms with Gasteiger partial charge < -0.3 is 19.0 Å². The zero-order valence-corrected chi connectivity index (χ0v) is 17.2. The second-order valence-corrected chi connectivity index (χ2v) is 7.19. The van der Waals surface area contributed by atoms with Gasteiger partial charge in [-0.2, -0.15) is 13.2 Å². The molecular weight excluding hydrogens is 439 g/mol. The van der Waals surface area contributed by atoms with Crippen LogP contribution in [0.2, 0.25) is 5.02 Å². The minimum Gasteiger partial charge on any atom is -0.462 e. The van der Waals surface area contributed by atoms with Crippen LogP contribution in [0, 0.1) is 6.92 Å². The molecule has 11 heteroatoms. The maximum absolute atomic E-state index is 12.7. The SMILES string of the molecule is Cc1ccc(/C=C/C(=O)OCC(=O)N2CCN(c3ncc(C(F)(F)F)cc3Cl)CC2)o1. The van der Waals surface area contributed by atoms with Crippen LogP contribution in [-0.2, 0) is 20.5 Å². The Morgan fingerprint density at radius 2 is 1.97 bits per heavy atom. The zero-order chi connectivity index (χ0) is 22.6. The van der Waals surface area contributed by atoms with Gasteiger partial charge in [0.2, 0.25) is 0 Å². The van der Waals surface area contributed by atoms with E-state index in [1.807, 2.05) is 0 Å². The van der Waals surface area contributed by atoms with Crippen molar-refractivity contribution in [3.63, 3.8) is 0 Å². The molecule has 2 aromatic rings. The lowest BCUT2D eigenvalue weighted by molar-refractivity contribution is -0.148. The maximum atomic E-state index is 12.7. The summed E-state index contributed by atoms with van der Waals surface area (Å²) in [5, 5.41) is -0.109. The largest absolute Gasteiger partial charge is 0.462 e. The summed E-state index contributed by atoms with van der Waals surface area (Å²) in [6.07, 6.45) is -1.18. The number of aryl methyl sites for hydroxylation is 1. The second-order valence-electron chi connectivity index (χ2n) is 6.78. The first-order valence-electron chi connectivity index (χ1n) is 9.30. The number of ether oxygens (including phenoxy) is 1. The molecule has 0 aromatic carbocycles. The summed E-state index contributed by atoms with van der Waals surface area (Å²) in [5.74, 6) is 0.373. The van der Waals surface area contributed by atoms with Crippen LogP contribution in [0.1, 0.15) is 17.1 Å².